The summed E-state index contributed by atoms with van der Waals surface area (Å²) in [6.07, 6.45) is 3.10. The summed E-state index contributed by atoms with van der Waals surface area (Å²) < 4.78 is 13.5. The number of aromatic nitrogens is 1. The Balaban J connectivity index is 1.96. The molecule has 1 fully saturated rings. The molecule has 0 spiro atoms. The van der Waals surface area contributed by atoms with E-state index in [0.717, 1.165) is 31.5 Å². The van der Waals surface area contributed by atoms with Crippen LogP contribution in [-0.2, 0) is 6.54 Å². The summed E-state index contributed by atoms with van der Waals surface area (Å²) in [4.78, 5) is 6.13. The van der Waals surface area contributed by atoms with Gasteiger partial charge < -0.3 is 5.11 Å². The molecule has 0 saturated carbocycles. The first-order valence-electron chi connectivity index (χ1n) is 5.35. The molecule has 1 N–H and O–H groups in total. The fourth-order valence-corrected chi connectivity index (χ4v) is 2.10. The molecule has 5 heteroatoms. The number of nitrogens with zero attached hydrogens (tertiary/aromatic N) is 2. The molecule has 1 aliphatic rings. The molecule has 16 heavy (non-hydrogen) atoms. The van der Waals surface area contributed by atoms with Gasteiger partial charge in [0.15, 0.2) is 5.82 Å². The highest BCUT2D eigenvalue weighted by atomic mass is 79.9. The molecule has 0 amide bonds. The fourth-order valence-electron chi connectivity index (χ4n) is 1.88. The lowest BCUT2D eigenvalue weighted by Crippen LogP contribution is -2.35. The van der Waals surface area contributed by atoms with E-state index in [9.17, 15) is 9.50 Å². The number of aliphatic hydroxyl groups excluding tert-OH is 1. The largest absolute Gasteiger partial charge is 0.393 e. The molecule has 1 saturated heterocycles. The number of hydrogen-bond acceptors (Lipinski definition) is 3. The molecule has 0 aliphatic carbocycles. The normalized spacial score (nSPS) is 18.9. The topological polar surface area (TPSA) is 36.4 Å². The van der Waals surface area contributed by atoms with Gasteiger partial charge in [-0.1, -0.05) is 0 Å². The minimum absolute atomic E-state index is 0.170. The molecule has 1 aliphatic heterocycles. The summed E-state index contributed by atoms with van der Waals surface area (Å²) in [5.41, 5.74) is 0.872. The average molecular weight is 289 g/mol. The van der Waals surface area contributed by atoms with Gasteiger partial charge >= 0.3 is 0 Å². The SMILES string of the molecule is OC1CCN(Cc2cnc(Br)c(F)c2)CC1. The molecule has 0 atom stereocenters. The van der Waals surface area contributed by atoms with E-state index in [1.165, 1.54) is 6.07 Å². The lowest BCUT2D eigenvalue weighted by atomic mass is 10.1. The van der Waals surface area contributed by atoms with Crippen LogP contribution in [-0.4, -0.2) is 34.2 Å². The number of piperidine rings is 1. The van der Waals surface area contributed by atoms with Gasteiger partial charge in [0, 0.05) is 25.8 Å². The zero-order valence-electron chi connectivity index (χ0n) is 8.87. The van der Waals surface area contributed by atoms with Gasteiger partial charge in [-0.05, 0) is 40.4 Å². The second kappa shape index (κ2) is 5.21. The first-order chi connectivity index (χ1) is 7.65. The Labute approximate surface area is 102 Å². The molecule has 2 heterocycles. The van der Waals surface area contributed by atoms with Crippen molar-refractivity contribution in [2.75, 3.05) is 13.1 Å². The van der Waals surface area contributed by atoms with Crippen LogP contribution >= 0.6 is 15.9 Å². The summed E-state index contributed by atoms with van der Waals surface area (Å²) in [6, 6.07) is 1.50. The third-order valence-corrected chi connectivity index (χ3v) is 3.40. The van der Waals surface area contributed by atoms with E-state index in [1.807, 2.05) is 0 Å². The van der Waals surface area contributed by atoms with Gasteiger partial charge in [-0.25, -0.2) is 9.37 Å². The molecular formula is C11H14BrFN2O. The molecule has 0 aromatic carbocycles. The highest BCUT2D eigenvalue weighted by molar-refractivity contribution is 9.10. The van der Waals surface area contributed by atoms with Crippen molar-refractivity contribution in [1.82, 2.24) is 9.88 Å². The Morgan fingerprint density at radius 3 is 2.81 bits per heavy atom. The second-order valence-corrected chi connectivity index (χ2v) is 4.87. The third kappa shape index (κ3) is 2.99. The van der Waals surface area contributed by atoms with Gasteiger partial charge in [-0.15, -0.1) is 0 Å². The Kier molecular flexibility index (Phi) is 3.89. The van der Waals surface area contributed by atoms with Crippen LogP contribution in [0.5, 0.6) is 0 Å². The molecule has 2 rings (SSSR count). The van der Waals surface area contributed by atoms with E-state index in [2.05, 4.69) is 25.8 Å². The van der Waals surface area contributed by atoms with Gasteiger partial charge in [0.25, 0.3) is 0 Å². The number of rotatable bonds is 2. The van der Waals surface area contributed by atoms with E-state index >= 15 is 0 Å². The molecule has 0 bridgehead atoms. The van der Waals surface area contributed by atoms with Gasteiger partial charge in [0.1, 0.15) is 4.60 Å². The molecule has 1 aromatic heterocycles. The molecule has 0 radical (unpaired) electrons. The van der Waals surface area contributed by atoms with Crippen LogP contribution in [0.3, 0.4) is 0 Å². The van der Waals surface area contributed by atoms with Crippen LogP contribution in [0.15, 0.2) is 16.9 Å². The van der Waals surface area contributed by atoms with Gasteiger partial charge in [0.05, 0.1) is 6.10 Å². The zero-order chi connectivity index (χ0) is 11.5. The third-order valence-electron chi connectivity index (χ3n) is 2.82. The maximum Gasteiger partial charge on any atom is 0.156 e. The number of halogens is 2. The lowest BCUT2D eigenvalue weighted by molar-refractivity contribution is 0.0791. The minimum atomic E-state index is -0.324. The molecule has 88 valence electrons. The predicted molar refractivity (Wildman–Crippen MR) is 62.4 cm³/mol. The quantitative estimate of drug-likeness (QED) is 0.845. The van der Waals surface area contributed by atoms with Crippen LogP contribution < -0.4 is 0 Å². The van der Waals surface area contributed by atoms with E-state index in [-0.39, 0.29) is 16.5 Å². The Morgan fingerprint density at radius 1 is 1.50 bits per heavy atom. The number of hydrogen-bond donors (Lipinski definition) is 1. The van der Waals surface area contributed by atoms with Crippen molar-refractivity contribution >= 4 is 15.9 Å². The monoisotopic (exact) mass is 288 g/mol. The molecule has 0 unspecified atom stereocenters. The van der Waals surface area contributed by atoms with E-state index in [0.29, 0.717) is 6.54 Å². The lowest BCUT2D eigenvalue weighted by Gasteiger charge is -2.29. The number of pyridine rings is 1. The second-order valence-electron chi connectivity index (χ2n) is 4.12. The summed E-state index contributed by atoms with van der Waals surface area (Å²) in [5, 5.41) is 9.37. The fraction of sp³-hybridized carbons (Fsp3) is 0.545. The van der Waals surface area contributed by atoms with Crippen molar-refractivity contribution in [3.63, 3.8) is 0 Å². The molecule has 3 nitrogen and oxygen atoms in total. The summed E-state index contributed by atoms with van der Waals surface area (Å²) >= 11 is 3.03. The maximum atomic E-state index is 13.2. The first-order valence-corrected chi connectivity index (χ1v) is 6.15. The highest BCUT2D eigenvalue weighted by Gasteiger charge is 2.17. The van der Waals surface area contributed by atoms with Crippen LogP contribution in [0.1, 0.15) is 18.4 Å². The summed E-state index contributed by atoms with van der Waals surface area (Å²) in [5.74, 6) is -0.324. The van der Waals surface area contributed by atoms with Crippen molar-refractivity contribution in [1.29, 1.82) is 0 Å². The predicted octanol–water partition coefficient (Wildman–Crippen LogP) is 1.94. The smallest absolute Gasteiger partial charge is 0.156 e. The van der Waals surface area contributed by atoms with E-state index in [1.54, 1.807) is 6.20 Å². The molecular weight excluding hydrogens is 275 g/mol. The van der Waals surface area contributed by atoms with Crippen molar-refractivity contribution < 1.29 is 9.50 Å². The standard InChI is InChI=1S/C11H14BrFN2O/c12-11-10(13)5-8(6-14-11)7-15-3-1-9(16)2-4-15/h5-6,9,16H,1-4,7H2. The highest BCUT2D eigenvalue weighted by Crippen LogP contribution is 2.16. The first kappa shape index (κ1) is 12.0. The van der Waals surface area contributed by atoms with Crippen molar-refractivity contribution in [3.8, 4) is 0 Å². The van der Waals surface area contributed by atoms with Crippen molar-refractivity contribution in [2.45, 2.75) is 25.5 Å². The Bertz CT molecular complexity index is 367. The Morgan fingerprint density at radius 2 is 2.19 bits per heavy atom. The maximum absolute atomic E-state index is 13.2. The van der Waals surface area contributed by atoms with Crippen LogP contribution in [0.2, 0.25) is 0 Å². The number of likely N-dealkylation sites (tertiary alicyclic amines) is 1. The molecule has 1 aromatic rings. The van der Waals surface area contributed by atoms with Crippen molar-refractivity contribution in [2.24, 2.45) is 0 Å². The van der Waals surface area contributed by atoms with Gasteiger partial charge in [-0.3, -0.25) is 4.90 Å². The summed E-state index contributed by atoms with van der Waals surface area (Å²) in [6.45, 7) is 2.42. The van der Waals surface area contributed by atoms with Crippen LogP contribution in [0.25, 0.3) is 0 Å². The van der Waals surface area contributed by atoms with Crippen LogP contribution in [0.4, 0.5) is 4.39 Å². The van der Waals surface area contributed by atoms with Crippen molar-refractivity contribution in [3.05, 3.63) is 28.2 Å². The minimum Gasteiger partial charge on any atom is -0.393 e. The average Bonchev–Trinajstić information content (AvgIpc) is 2.27. The Hall–Kier alpha value is -0.520. The zero-order valence-corrected chi connectivity index (χ0v) is 10.5. The van der Waals surface area contributed by atoms with Crippen LogP contribution in [0, 0.1) is 5.82 Å². The van der Waals surface area contributed by atoms with Gasteiger partial charge in [0.2, 0.25) is 0 Å². The van der Waals surface area contributed by atoms with E-state index in [4.69, 9.17) is 0 Å². The summed E-state index contributed by atoms with van der Waals surface area (Å²) in [7, 11) is 0. The van der Waals surface area contributed by atoms with E-state index < -0.39 is 0 Å². The van der Waals surface area contributed by atoms with Gasteiger partial charge in [-0.2, -0.15) is 0 Å². The number of aliphatic hydroxyl groups is 1.